The zero-order chi connectivity index (χ0) is 19.2. The number of esters is 1. The quantitative estimate of drug-likeness (QED) is 0.546. The molecule has 142 valence electrons. The van der Waals surface area contributed by atoms with Gasteiger partial charge in [-0.2, -0.15) is 0 Å². The van der Waals surface area contributed by atoms with Gasteiger partial charge in [-0.3, -0.25) is 4.79 Å². The Morgan fingerprint density at radius 2 is 2.04 bits per heavy atom. The zero-order valence-corrected chi connectivity index (χ0v) is 15.4. The van der Waals surface area contributed by atoms with Crippen LogP contribution in [0.5, 0.6) is 0 Å². The Hall–Kier alpha value is -1.76. The number of carbonyl (C=O) groups excluding carboxylic acids is 2. The normalized spacial score (nSPS) is 42.7. The Labute approximate surface area is 153 Å². The third-order valence-electron chi connectivity index (χ3n) is 5.59. The summed E-state index contributed by atoms with van der Waals surface area (Å²) in [5.41, 5.74) is 1.85. The van der Waals surface area contributed by atoms with E-state index in [1.807, 2.05) is 6.92 Å². The standard InChI is InChI=1S/C20H26O6/c1-10(2)15-9-17-16-8-14(25-19(16)23)6-11(3)5-13(21)7-12(4)20(24,26-17)18(15)22/h5,8,12,14-15,17-18,22,24H,1,6-7,9H2,2-4H3/b11-5+/t12-,14-,15-,17+,18-,20+/m0/s1. The van der Waals surface area contributed by atoms with Crippen molar-refractivity contribution >= 4 is 11.8 Å². The number of hydrogen-bond donors (Lipinski definition) is 2. The molecule has 26 heavy (non-hydrogen) atoms. The number of carbonyl (C=O) groups is 2. The Morgan fingerprint density at radius 1 is 1.35 bits per heavy atom. The summed E-state index contributed by atoms with van der Waals surface area (Å²) in [5.74, 6) is -3.72. The number of fused-ring (bicyclic) bond motifs is 4. The summed E-state index contributed by atoms with van der Waals surface area (Å²) in [7, 11) is 0. The van der Waals surface area contributed by atoms with Crippen LogP contribution >= 0.6 is 0 Å². The molecule has 1 fully saturated rings. The van der Waals surface area contributed by atoms with Crippen LogP contribution in [0.3, 0.4) is 0 Å². The highest BCUT2D eigenvalue weighted by Crippen LogP contribution is 2.43. The second kappa shape index (κ2) is 6.76. The Bertz CT molecular complexity index is 705. The Kier molecular flexibility index (Phi) is 4.94. The fraction of sp³-hybridized carbons (Fsp3) is 0.600. The molecule has 3 aliphatic rings. The highest BCUT2D eigenvalue weighted by atomic mass is 16.6. The Balaban J connectivity index is 2.07. The van der Waals surface area contributed by atoms with Crippen LogP contribution in [-0.4, -0.2) is 46.1 Å². The monoisotopic (exact) mass is 362 g/mol. The van der Waals surface area contributed by atoms with Crippen molar-refractivity contribution in [2.24, 2.45) is 11.8 Å². The fourth-order valence-corrected chi connectivity index (χ4v) is 4.07. The highest BCUT2D eigenvalue weighted by Gasteiger charge is 2.54. The summed E-state index contributed by atoms with van der Waals surface area (Å²) >= 11 is 0. The second-order valence-electron chi connectivity index (χ2n) is 7.82. The number of ether oxygens (including phenoxy) is 2. The second-order valence-corrected chi connectivity index (χ2v) is 7.82. The average molecular weight is 362 g/mol. The molecule has 0 radical (unpaired) electrons. The van der Waals surface area contributed by atoms with E-state index in [4.69, 9.17) is 9.47 Å². The van der Waals surface area contributed by atoms with Crippen LogP contribution in [-0.2, 0) is 19.1 Å². The van der Waals surface area contributed by atoms with Gasteiger partial charge in [-0.05, 0) is 32.4 Å². The van der Waals surface area contributed by atoms with Gasteiger partial charge < -0.3 is 19.7 Å². The van der Waals surface area contributed by atoms with E-state index in [2.05, 4.69) is 6.58 Å². The molecule has 0 aromatic carbocycles. The minimum absolute atomic E-state index is 0.0268. The van der Waals surface area contributed by atoms with Gasteiger partial charge in [-0.25, -0.2) is 4.79 Å². The van der Waals surface area contributed by atoms with Gasteiger partial charge in [0.15, 0.2) is 11.6 Å². The van der Waals surface area contributed by atoms with Crippen molar-refractivity contribution in [3.8, 4) is 0 Å². The van der Waals surface area contributed by atoms with Gasteiger partial charge in [0.1, 0.15) is 12.2 Å². The number of rotatable bonds is 1. The molecule has 6 nitrogen and oxygen atoms in total. The van der Waals surface area contributed by atoms with Crippen molar-refractivity contribution < 1.29 is 29.3 Å². The van der Waals surface area contributed by atoms with Crippen molar-refractivity contribution in [2.75, 3.05) is 0 Å². The van der Waals surface area contributed by atoms with E-state index >= 15 is 0 Å². The van der Waals surface area contributed by atoms with Crippen LogP contribution in [0.1, 0.15) is 40.0 Å². The summed E-state index contributed by atoms with van der Waals surface area (Å²) in [4.78, 5) is 24.7. The predicted molar refractivity (Wildman–Crippen MR) is 93.9 cm³/mol. The van der Waals surface area contributed by atoms with Crippen molar-refractivity contribution in [3.63, 3.8) is 0 Å². The molecule has 2 N–H and O–H groups in total. The van der Waals surface area contributed by atoms with E-state index in [1.165, 1.54) is 6.08 Å². The average Bonchev–Trinajstić information content (AvgIpc) is 2.88. The van der Waals surface area contributed by atoms with Crippen LogP contribution < -0.4 is 0 Å². The third-order valence-corrected chi connectivity index (χ3v) is 5.59. The van der Waals surface area contributed by atoms with Gasteiger partial charge in [-0.15, -0.1) is 0 Å². The fourth-order valence-electron chi connectivity index (χ4n) is 4.07. The van der Waals surface area contributed by atoms with Crippen molar-refractivity contribution in [1.29, 1.82) is 0 Å². The molecule has 6 heteroatoms. The minimum atomic E-state index is -1.96. The van der Waals surface area contributed by atoms with Gasteiger partial charge in [0.05, 0.1) is 11.7 Å². The SMILES string of the molecule is C=C(C)[C@@H]1C[C@H]2O[C@](O)([C@@H](C)CC(=O)/C=C(\C)C[C@H]3C=C2C(=O)O3)[C@H]1O. The molecular formula is C20H26O6. The van der Waals surface area contributed by atoms with Crippen LogP contribution in [0, 0.1) is 11.8 Å². The molecule has 3 heterocycles. The number of hydrogen-bond acceptors (Lipinski definition) is 6. The van der Waals surface area contributed by atoms with Gasteiger partial charge in [0.2, 0.25) is 0 Å². The highest BCUT2D eigenvalue weighted by molar-refractivity contribution is 5.92. The van der Waals surface area contributed by atoms with Crippen molar-refractivity contribution in [3.05, 3.63) is 35.5 Å². The molecule has 1 saturated heterocycles. The van der Waals surface area contributed by atoms with E-state index in [-0.39, 0.29) is 12.2 Å². The molecule has 0 aromatic heterocycles. The lowest BCUT2D eigenvalue weighted by Crippen LogP contribution is -2.60. The molecule has 0 spiro atoms. The number of aliphatic hydroxyl groups excluding tert-OH is 1. The summed E-state index contributed by atoms with van der Waals surface area (Å²) in [6, 6.07) is 0. The first kappa shape index (κ1) is 19.0. The van der Waals surface area contributed by atoms with Crippen LogP contribution in [0.2, 0.25) is 0 Å². The van der Waals surface area contributed by atoms with Gasteiger partial charge in [0.25, 0.3) is 0 Å². The van der Waals surface area contributed by atoms with Crippen molar-refractivity contribution in [1.82, 2.24) is 0 Å². The first-order valence-electron chi connectivity index (χ1n) is 8.98. The first-order valence-corrected chi connectivity index (χ1v) is 8.98. The molecule has 0 saturated carbocycles. The summed E-state index contributed by atoms with van der Waals surface area (Å²) in [6.45, 7) is 9.15. The van der Waals surface area contributed by atoms with Crippen LogP contribution in [0.15, 0.2) is 35.5 Å². The maximum Gasteiger partial charge on any atom is 0.337 e. The number of aliphatic hydroxyl groups is 2. The van der Waals surface area contributed by atoms with E-state index in [1.54, 1.807) is 19.9 Å². The molecule has 3 aliphatic heterocycles. The molecule has 0 amide bonds. The topological polar surface area (TPSA) is 93.1 Å². The van der Waals surface area contributed by atoms with E-state index < -0.39 is 41.9 Å². The molecule has 6 atom stereocenters. The molecule has 3 rings (SSSR count). The Morgan fingerprint density at radius 3 is 2.69 bits per heavy atom. The number of allylic oxidation sites excluding steroid dienone is 1. The summed E-state index contributed by atoms with van der Waals surface area (Å²) < 4.78 is 11.2. The van der Waals surface area contributed by atoms with Gasteiger partial charge in [-0.1, -0.05) is 24.6 Å². The number of ketones is 1. The van der Waals surface area contributed by atoms with Crippen LogP contribution in [0.4, 0.5) is 0 Å². The molecule has 4 bridgehead atoms. The largest absolute Gasteiger partial charge is 0.454 e. The molecule has 0 unspecified atom stereocenters. The zero-order valence-electron chi connectivity index (χ0n) is 15.4. The predicted octanol–water partition coefficient (Wildman–Crippen LogP) is 1.81. The minimum Gasteiger partial charge on any atom is -0.454 e. The van der Waals surface area contributed by atoms with E-state index in [9.17, 15) is 19.8 Å². The van der Waals surface area contributed by atoms with Gasteiger partial charge >= 0.3 is 5.97 Å². The maximum atomic E-state index is 12.3. The van der Waals surface area contributed by atoms with E-state index in [0.29, 0.717) is 24.0 Å². The van der Waals surface area contributed by atoms with E-state index in [0.717, 1.165) is 5.57 Å². The lowest BCUT2D eigenvalue weighted by Gasteiger charge is -2.48. The molecular weight excluding hydrogens is 336 g/mol. The molecule has 0 aromatic rings. The lowest BCUT2D eigenvalue weighted by atomic mass is 9.76. The van der Waals surface area contributed by atoms with Gasteiger partial charge in [0, 0.05) is 24.7 Å². The first-order chi connectivity index (χ1) is 12.1. The van der Waals surface area contributed by atoms with Crippen molar-refractivity contribution in [2.45, 2.75) is 64.1 Å². The van der Waals surface area contributed by atoms with Crippen LogP contribution in [0.25, 0.3) is 0 Å². The molecule has 0 aliphatic carbocycles. The maximum absolute atomic E-state index is 12.3. The smallest absolute Gasteiger partial charge is 0.337 e. The third kappa shape index (κ3) is 3.29. The summed E-state index contributed by atoms with van der Waals surface area (Å²) in [6.07, 6.45) is 1.59. The summed E-state index contributed by atoms with van der Waals surface area (Å²) in [5, 5.41) is 21.9. The lowest BCUT2D eigenvalue weighted by molar-refractivity contribution is -0.325.